The maximum atomic E-state index is 5.90. The van der Waals surface area contributed by atoms with Crippen molar-refractivity contribution >= 4 is 0 Å². The molecule has 1 saturated carbocycles. The van der Waals surface area contributed by atoms with Gasteiger partial charge >= 0.3 is 0 Å². The van der Waals surface area contributed by atoms with Crippen LogP contribution in [0, 0.1) is 5.92 Å². The molecular weight excluding hydrogens is 238 g/mol. The first-order chi connectivity index (χ1) is 9.20. The van der Waals surface area contributed by atoms with E-state index < -0.39 is 0 Å². The zero-order valence-electron chi connectivity index (χ0n) is 11.9. The fourth-order valence-corrected chi connectivity index (χ4v) is 3.31. The molecule has 106 valence electrons. The van der Waals surface area contributed by atoms with Gasteiger partial charge in [-0.3, -0.25) is 16.3 Å². The first kappa shape index (κ1) is 14.4. The van der Waals surface area contributed by atoms with Crippen LogP contribution in [0.5, 0.6) is 0 Å². The largest absolute Gasteiger partial charge is 0.377 e. The average molecular weight is 263 g/mol. The van der Waals surface area contributed by atoms with E-state index in [1.54, 1.807) is 7.11 Å². The summed E-state index contributed by atoms with van der Waals surface area (Å²) in [7, 11) is 1.81. The summed E-state index contributed by atoms with van der Waals surface area (Å²) in [5.41, 5.74) is 3.86. The predicted molar refractivity (Wildman–Crippen MR) is 76.4 cm³/mol. The summed E-state index contributed by atoms with van der Waals surface area (Å²) in [5, 5.41) is 0. The Labute approximate surface area is 115 Å². The summed E-state index contributed by atoms with van der Waals surface area (Å²) >= 11 is 0. The van der Waals surface area contributed by atoms with Gasteiger partial charge in [0.05, 0.1) is 11.6 Å². The second kappa shape index (κ2) is 6.46. The lowest BCUT2D eigenvalue weighted by Crippen LogP contribution is -2.57. The lowest BCUT2D eigenvalue weighted by Gasteiger charge is -2.44. The van der Waals surface area contributed by atoms with Crippen molar-refractivity contribution in [3.05, 3.63) is 30.1 Å². The minimum absolute atomic E-state index is 0.107. The Bertz CT molecular complexity index is 384. The molecular formula is C15H25N3O. The second-order valence-electron chi connectivity index (χ2n) is 5.71. The van der Waals surface area contributed by atoms with E-state index >= 15 is 0 Å². The van der Waals surface area contributed by atoms with Crippen LogP contribution in [0.2, 0.25) is 0 Å². The molecule has 3 N–H and O–H groups in total. The molecule has 1 fully saturated rings. The molecule has 4 nitrogen and oxygen atoms in total. The van der Waals surface area contributed by atoms with Gasteiger partial charge in [0, 0.05) is 25.4 Å². The highest BCUT2D eigenvalue weighted by molar-refractivity contribution is 5.09. The van der Waals surface area contributed by atoms with Gasteiger partial charge < -0.3 is 4.74 Å². The van der Waals surface area contributed by atoms with Crippen LogP contribution >= 0.6 is 0 Å². The molecule has 0 saturated heterocycles. The first-order valence-corrected chi connectivity index (χ1v) is 7.11. The molecule has 0 aliphatic heterocycles. The standard InChI is InChI=1S/C15H25N3O/c1-12-6-5-8-15(11-12,19-2)14(18-16)10-13-7-3-4-9-17-13/h3-4,7,9,12,14,18H,5-6,8,10-11,16H2,1-2H3. The molecule has 4 heteroatoms. The number of pyridine rings is 1. The van der Waals surface area contributed by atoms with E-state index in [9.17, 15) is 0 Å². The topological polar surface area (TPSA) is 60.2 Å². The third kappa shape index (κ3) is 3.32. The van der Waals surface area contributed by atoms with Gasteiger partial charge in [0.2, 0.25) is 0 Å². The highest BCUT2D eigenvalue weighted by Crippen LogP contribution is 2.37. The van der Waals surface area contributed by atoms with Crippen molar-refractivity contribution in [2.24, 2.45) is 11.8 Å². The molecule has 0 aromatic carbocycles. The Morgan fingerprint density at radius 3 is 3.00 bits per heavy atom. The van der Waals surface area contributed by atoms with Crippen LogP contribution in [0.1, 0.15) is 38.3 Å². The quantitative estimate of drug-likeness (QED) is 0.630. The average Bonchev–Trinajstić information content (AvgIpc) is 2.45. The minimum Gasteiger partial charge on any atom is -0.377 e. The number of aromatic nitrogens is 1. The number of nitrogens with two attached hydrogens (primary N) is 1. The Morgan fingerprint density at radius 2 is 2.42 bits per heavy atom. The minimum atomic E-state index is -0.163. The van der Waals surface area contributed by atoms with Gasteiger partial charge in [0.15, 0.2) is 0 Å². The molecule has 1 heterocycles. The normalized spacial score (nSPS) is 29.1. The first-order valence-electron chi connectivity index (χ1n) is 7.11. The summed E-state index contributed by atoms with van der Waals surface area (Å²) < 4.78 is 5.90. The van der Waals surface area contributed by atoms with Crippen LogP contribution in [-0.2, 0) is 11.2 Å². The van der Waals surface area contributed by atoms with Crippen molar-refractivity contribution in [3.63, 3.8) is 0 Å². The highest BCUT2D eigenvalue weighted by atomic mass is 16.5. The van der Waals surface area contributed by atoms with Crippen LogP contribution in [-0.4, -0.2) is 23.7 Å². The molecule has 3 atom stereocenters. The van der Waals surface area contributed by atoms with Gasteiger partial charge in [0.1, 0.15) is 0 Å². The van der Waals surface area contributed by atoms with Crippen molar-refractivity contribution in [2.45, 2.75) is 50.7 Å². The lowest BCUT2D eigenvalue weighted by molar-refractivity contribution is -0.0793. The summed E-state index contributed by atoms with van der Waals surface area (Å²) in [5.74, 6) is 6.49. The molecule has 0 spiro atoms. The van der Waals surface area contributed by atoms with Crippen LogP contribution in [0.4, 0.5) is 0 Å². The van der Waals surface area contributed by atoms with Gasteiger partial charge in [-0.05, 0) is 30.9 Å². The summed E-state index contributed by atoms with van der Waals surface area (Å²) in [6.45, 7) is 2.29. The SMILES string of the molecule is COC1(C(Cc2ccccn2)NN)CCCC(C)C1. The molecule has 0 bridgehead atoms. The number of hydrogen-bond acceptors (Lipinski definition) is 4. The molecule has 0 radical (unpaired) electrons. The lowest BCUT2D eigenvalue weighted by atomic mass is 9.73. The zero-order chi connectivity index (χ0) is 13.7. The number of rotatable bonds is 5. The van der Waals surface area contributed by atoms with Gasteiger partial charge in [-0.25, -0.2) is 0 Å². The molecule has 0 amide bonds. The number of ether oxygens (including phenoxy) is 1. The maximum Gasteiger partial charge on any atom is 0.0850 e. The summed E-state index contributed by atoms with van der Waals surface area (Å²) in [6.07, 6.45) is 7.24. The van der Waals surface area contributed by atoms with E-state index in [2.05, 4.69) is 17.3 Å². The third-order valence-electron chi connectivity index (χ3n) is 4.37. The molecule has 1 aliphatic rings. The van der Waals surface area contributed by atoms with Crippen LogP contribution in [0.3, 0.4) is 0 Å². The number of nitrogens with one attached hydrogen (secondary N) is 1. The smallest absolute Gasteiger partial charge is 0.0850 e. The maximum absolute atomic E-state index is 5.90. The van der Waals surface area contributed by atoms with Crippen molar-refractivity contribution in [1.82, 2.24) is 10.4 Å². The Balaban J connectivity index is 2.14. The van der Waals surface area contributed by atoms with E-state index in [4.69, 9.17) is 10.6 Å². The molecule has 2 rings (SSSR count). The summed E-state index contributed by atoms with van der Waals surface area (Å²) in [6, 6.07) is 6.09. The van der Waals surface area contributed by atoms with Crippen molar-refractivity contribution in [3.8, 4) is 0 Å². The fraction of sp³-hybridized carbons (Fsp3) is 0.667. The van der Waals surface area contributed by atoms with Gasteiger partial charge in [-0.15, -0.1) is 0 Å². The van der Waals surface area contributed by atoms with E-state index in [-0.39, 0.29) is 11.6 Å². The third-order valence-corrected chi connectivity index (χ3v) is 4.37. The highest BCUT2D eigenvalue weighted by Gasteiger charge is 2.41. The zero-order valence-corrected chi connectivity index (χ0v) is 11.9. The van der Waals surface area contributed by atoms with E-state index in [1.807, 2.05) is 24.4 Å². The Hall–Kier alpha value is -0.970. The molecule has 1 aliphatic carbocycles. The predicted octanol–water partition coefficient (Wildman–Crippen LogP) is 2.05. The monoisotopic (exact) mass is 263 g/mol. The van der Waals surface area contributed by atoms with Crippen LogP contribution in [0.25, 0.3) is 0 Å². The van der Waals surface area contributed by atoms with Gasteiger partial charge in [0.25, 0.3) is 0 Å². The van der Waals surface area contributed by atoms with Crippen LogP contribution in [0.15, 0.2) is 24.4 Å². The van der Waals surface area contributed by atoms with E-state index in [0.717, 1.165) is 25.0 Å². The Morgan fingerprint density at radius 1 is 1.58 bits per heavy atom. The van der Waals surface area contributed by atoms with Gasteiger partial charge in [-0.2, -0.15) is 0 Å². The second-order valence-corrected chi connectivity index (χ2v) is 5.71. The Kier molecular flexibility index (Phi) is 4.91. The van der Waals surface area contributed by atoms with Crippen molar-refractivity contribution in [2.75, 3.05) is 7.11 Å². The summed E-state index contributed by atoms with van der Waals surface area (Å²) in [4.78, 5) is 4.39. The van der Waals surface area contributed by atoms with Crippen molar-refractivity contribution in [1.29, 1.82) is 0 Å². The van der Waals surface area contributed by atoms with Crippen molar-refractivity contribution < 1.29 is 4.74 Å². The molecule has 1 aromatic heterocycles. The van der Waals surface area contributed by atoms with Gasteiger partial charge in [-0.1, -0.05) is 25.8 Å². The fourth-order valence-electron chi connectivity index (χ4n) is 3.31. The number of nitrogens with zero attached hydrogens (tertiary/aromatic N) is 1. The van der Waals surface area contributed by atoms with E-state index in [0.29, 0.717) is 5.92 Å². The molecule has 19 heavy (non-hydrogen) atoms. The van der Waals surface area contributed by atoms with E-state index in [1.165, 1.54) is 12.8 Å². The molecule has 1 aromatic rings. The number of hydrogen-bond donors (Lipinski definition) is 2. The molecule has 3 unspecified atom stereocenters. The van der Waals surface area contributed by atoms with Crippen LogP contribution < -0.4 is 11.3 Å². The number of methoxy groups -OCH3 is 1. The number of hydrazine groups is 1.